The van der Waals surface area contributed by atoms with Gasteiger partial charge in [0.05, 0.1) is 22.9 Å². The van der Waals surface area contributed by atoms with Gasteiger partial charge in [0.2, 0.25) is 0 Å². The first kappa shape index (κ1) is 26.6. The van der Waals surface area contributed by atoms with Gasteiger partial charge in [0.15, 0.2) is 0 Å². The van der Waals surface area contributed by atoms with Gasteiger partial charge < -0.3 is 4.74 Å². The second-order valence-corrected chi connectivity index (χ2v) is 8.86. The van der Waals surface area contributed by atoms with Crippen LogP contribution in [0.2, 0.25) is 5.02 Å². The molecule has 0 amide bonds. The molecular weight excluding hydrogens is 493 g/mol. The van der Waals surface area contributed by atoms with Crippen molar-refractivity contribution >= 4 is 27.7 Å². The van der Waals surface area contributed by atoms with Crippen molar-refractivity contribution in [2.45, 2.75) is 32.5 Å². The molecule has 1 heterocycles. The number of rotatable bonds is 8. The minimum absolute atomic E-state index is 0.0998. The quantitative estimate of drug-likeness (QED) is 0.394. The Balaban J connectivity index is 2.47. The van der Waals surface area contributed by atoms with E-state index in [2.05, 4.69) is 4.18 Å². The van der Waals surface area contributed by atoms with Crippen molar-refractivity contribution < 1.29 is 35.3 Å². The van der Waals surface area contributed by atoms with E-state index in [1.165, 1.54) is 6.92 Å². The van der Waals surface area contributed by atoms with Crippen LogP contribution in [0.1, 0.15) is 36.3 Å². The Morgan fingerprint density at radius 1 is 1.18 bits per heavy atom. The van der Waals surface area contributed by atoms with E-state index in [0.717, 1.165) is 25.2 Å². The average Bonchev–Trinajstić information content (AvgIpc) is 2.70. The lowest BCUT2D eigenvalue weighted by atomic mass is 10.2. The fourth-order valence-corrected chi connectivity index (χ4v) is 4.26. The minimum Gasteiger partial charge on any atom is -0.458 e. The number of carbonyl (C=O) groups excluding carboxylic acids is 1. The Hall–Kier alpha value is -2.64. The van der Waals surface area contributed by atoms with Gasteiger partial charge in [0, 0.05) is 13.1 Å². The Morgan fingerprint density at radius 2 is 1.82 bits per heavy atom. The van der Waals surface area contributed by atoms with E-state index in [-0.39, 0.29) is 39.9 Å². The molecule has 2 aromatic rings. The molecule has 33 heavy (non-hydrogen) atoms. The molecule has 0 aliphatic carbocycles. The summed E-state index contributed by atoms with van der Waals surface area (Å²) in [7, 11) is -3.11. The number of hydrogen-bond acceptors (Lipinski definition) is 7. The Labute approximate surface area is 191 Å². The third-order valence-electron chi connectivity index (χ3n) is 4.46. The topological polar surface area (TPSA) is 114 Å². The summed E-state index contributed by atoms with van der Waals surface area (Å²) >= 11 is 6.02. The molecule has 0 aliphatic heterocycles. The van der Waals surface area contributed by atoms with Crippen LogP contribution in [0.25, 0.3) is 5.69 Å². The molecule has 9 nitrogen and oxygen atoms in total. The van der Waals surface area contributed by atoms with Crippen LogP contribution in [-0.2, 0) is 32.3 Å². The molecule has 0 aliphatic rings. The van der Waals surface area contributed by atoms with E-state index in [0.29, 0.717) is 4.57 Å². The molecule has 0 saturated heterocycles. The van der Waals surface area contributed by atoms with E-state index < -0.39 is 51.1 Å². The predicted molar refractivity (Wildman–Crippen MR) is 112 cm³/mol. The van der Waals surface area contributed by atoms with Gasteiger partial charge in [0.1, 0.15) is 17.6 Å². The molecule has 0 saturated carbocycles. The van der Waals surface area contributed by atoms with Gasteiger partial charge in [-0.05, 0) is 31.5 Å². The predicted octanol–water partition coefficient (Wildman–Crippen LogP) is 2.51. The molecule has 1 unspecified atom stereocenters. The van der Waals surface area contributed by atoms with Gasteiger partial charge in [-0.3, -0.25) is 13.5 Å². The largest absolute Gasteiger partial charge is 0.458 e. The highest BCUT2D eigenvalue weighted by molar-refractivity contribution is 7.86. The summed E-state index contributed by atoms with van der Waals surface area (Å²) in [4.78, 5) is 37.4. The van der Waals surface area contributed by atoms with Crippen LogP contribution in [0, 0.1) is 0 Å². The minimum atomic E-state index is -4.93. The molecule has 2 rings (SSSR count). The van der Waals surface area contributed by atoms with Gasteiger partial charge in [-0.15, -0.1) is 0 Å². The van der Waals surface area contributed by atoms with E-state index >= 15 is 0 Å². The molecule has 0 bridgehead atoms. The number of aromatic nitrogens is 2. The van der Waals surface area contributed by atoms with Crippen LogP contribution in [0.3, 0.4) is 0 Å². The van der Waals surface area contributed by atoms with Gasteiger partial charge in [-0.2, -0.15) is 21.6 Å². The third kappa shape index (κ3) is 6.24. The zero-order valence-electron chi connectivity index (χ0n) is 17.7. The molecule has 1 aromatic heterocycles. The van der Waals surface area contributed by atoms with Crippen LogP contribution in [-0.4, -0.2) is 42.0 Å². The summed E-state index contributed by atoms with van der Waals surface area (Å²) in [5.41, 5.74) is -4.58. The number of carbonyl (C=O) groups is 1. The molecule has 0 radical (unpaired) electrons. The summed E-state index contributed by atoms with van der Waals surface area (Å²) in [6, 6.07) is 3.55. The smallest absolute Gasteiger partial charge is 0.431 e. The zero-order valence-corrected chi connectivity index (χ0v) is 19.3. The molecule has 0 fully saturated rings. The second-order valence-electron chi connectivity index (χ2n) is 6.77. The van der Waals surface area contributed by atoms with Gasteiger partial charge in [0.25, 0.3) is 15.7 Å². The van der Waals surface area contributed by atoms with Crippen molar-refractivity contribution in [1.82, 2.24) is 9.13 Å². The van der Waals surface area contributed by atoms with Crippen molar-refractivity contribution in [2.75, 3.05) is 12.4 Å². The lowest BCUT2D eigenvalue weighted by Crippen LogP contribution is -2.40. The van der Waals surface area contributed by atoms with Crippen LogP contribution < -0.4 is 11.2 Å². The number of hydrogen-bond donors (Lipinski definition) is 0. The van der Waals surface area contributed by atoms with Crippen LogP contribution >= 0.6 is 11.6 Å². The van der Waals surface area contributed by atoms with Crippen molar-refractivity contribution in [3.8, 4) is 5.69 Å². The summed E-state index contributed by atoms with van der Waals surface area (Å²) in [6.07, 6.45) is -5.90. The number of alkyl halides is 3. The van der Waals surface area contributed by atoms with Crippen molar-refractivity contribution in [3.05, 3.63) is 61.4 Å². The maximum Gasteiger partial charge on any atom is 0.431 e. The maximum absolute atomic E-state index is 13.0. The Morgan fingerprint density at radius 3 is 2.36 bits per heavy atom. The molecular formula is C19H20ClF3N2O7S. The first-order valence-electron chi connectivity index (χ1n) is 9.50. The summed E-state index contributed by atoms with van der Waals surface area (Å²) in [5.74, 6) is -1.67. The number of esters is 1. The van der Waals surface area contributed by atoms with E-state index in [9.17, 15) is 36.0 Å². The highest BCUT2D eigenvalue weighted by atomic mass is 35.5. The van der Waals surface area contributed by atoms with Crippen LogP contribution in [0.5, 0.6) is 0 Å². The summed E-state index contributed by atoms with van der Waals surface area (Å²) in [5, 5.41) is -0.150. The van der Waals surface area contributed by atoms with E-state index in [1.54, 1.807) is 6.92 Å². The molecule has 182 valence electrons. The fraction of sp³-hybridized carbons (Fsp3) is 0.421. The zero-order chi connectivity index (χ0) is 25.1. The molecule has 1 aromatic carbocycles. The standard InChI is InChI=1S/C19H20ClF3N2O7S/c1-4-12(10-33(29,30)31-5-2)32-17(27)13-8-11(6-7-14(13)20)25-16(26)9-15(19(21,22)23)24(3)18(25)28/h6-9,12H,4-5,10H2,1-3H3. The molecule has 14 heteroatoms. The van der Waals surface area contributed by atoms with Crippen molar-refractivity contribution in [3.63, 3.8) is 0 Å². The maximum atomic E-state index is 13.0. The van der Waals surface area contributed by atoms with Crippen LogP contribution in [0.15, 0.2) is 33.9 Å². The van der Waals surface area contributed by atoms with Gasteiger partial charge in [-0.1, -0.05) is 18.5 Å². The highest BCUT2D eigenvalue weighted by Gasteiger charge is 2.35. The first-order chi connectivity index (χ1) is 15.2. The molecule has 1 atom stereocenters. The average molecular weight is 513 g/mol. The molecule has 0 spiro atoms. The lowest BCUT2D eigenvalue weighted by molar-refractivity contribution is -0.144. The van der Waals surface area contributed by atoms with Crippen LogP contribution in [0.4, 0.5) is 13.2 Å². The van der Waals surface area contributed by atoms with Crippen molar-refractivity contribution in [2.24, 2.45) is 7.05 Å². The highest BCUT2D eigenvalue weighted by Crippen LogP contribution is 2.27. The third-order valence-corrected chi connectivity index (χ3v) is 6.16. The summed E-state index contributed by atoms with van der Waals surface area (Å²) < 4.78 is 73.3. The number of ether oxygens (including phenoxy) is 1. The summed E-state index contributed by atoms with van der Waals surface area (Å²) in [6.45, 7) is 2.95. The SMILES string of the molecule is CCOS(=O)(=O)CC(CC)OC(=O)c1cc(-n2c(=O)cc(C(F)(F)F)n(C)c2=O)ccc1Cl. The van der Waals surface area contributed by atoms with E-state index in [1.807, 2.05) is 0 Å². The fourth-order valence-electron chi connectivity index (χ4n) is 2.85. The van der Waals surface area contributed by atoms with Gasteiger partial charge in [-0.25, -0.2) is 14.2 Å². The number of halogens is 4. The van der Waals surface area contributed by atoms with Gasteiger partial charge >= 0.3 is 17.8 Å². The Kier molecular flexibility index (Phi) is 8.14. The second kappa shape index (κ2) is 10.1. The van der Waals surface area contributed by atoms with E-state index in [4.69, 9.17) is 16.3 Å². The Bertz CT molecular complexity index is 1270. The first-order valence-corrected chi connectivity index (χ1v) is 11.5. The molecule has 0 N–H and O–H groups in total. The normalized spacial score (nSPS) is 13.1. The lowest BCUT2D eigenvalue weighted by Gasteiger charge is -2.17. The van der Waals surface area contributed by atoms with Crippen molar-refractivity contribution in [1.29, 1.82) is 0 Å². The number of nitrogens with zero attached hydrogens (tertiary/aromatic N) is 2. The number of benzene rings is 1. The monoisotopic (exact) mass is 512 g/mol.